The molecule has 1 fully saturated rings. The number of carbonyl (C=O) groups is 3. The standard InChI is InChI=1S/C17H16BrN3O4S.BrH/c18-9-12(22)19-13-15(23)21-14(17(24)25)11(10-26-16(13)21)5-4-8-20-6-2-1-3-7-20;/h1-7,13,16H,8-10H2,(H-,19,22,24,25);1H/b5-4+;/t13-,16-;/m1./s1. The van der Waals surface area contributed by atoms with Gasteiger partial charge in [0.05, 0.1) is 5.33 Å². The fourth-order valence-electron chi connectivity index (χ4n) is 2.86. The van der Waals surface area contributed by atoms with Crippen LogP contribution in [-0.2, 0) is 20.9 Å². The lowest BCUT2D eigenvalue weighted by atomic mass is 10.0. The lowest BCUT2D eigenvalue weighted by molar-refractivity contribution is -0.687. The molecule has 7 nitrogen and oxygen atoms in total. The Bertz CT molecular complexity index is 801. The number of halogens is 2. The SMILES string of the molecule is O=C(CBr)N[C@@H]1C(=O)N2C(C(=O)O)=C(/C=C/C[n+]3ccccc3)CS[C@H]12.[Br-]. The Hall–Kier alpha value is -1.65. The topological polar surface area (TPSA) is 90.6 Å². The van der Waals surface area contributed by atoms with Crippen molar-refractivity contribution in [1.82, 2.24) is 10.2 Å². The van der Waals surface area contributed by atoms with E-state index in [0.29, 0.717) is 17.9 Å². The number of β-lactam (4-membered cyclic amide) rings is 1. The Kier molecular flexibility index (Phi) is 7.63. The summed E-state index contributed by atoms with van der Waals surface area (Å²) in [6, 6.07) is 5.07. The summed E-state index contributed by atoms with van der Waals surface area (Å²) in [5.74, 6) is -1.36. The number of aromatic nitrogens is 1. The van der Waals surface area contributed by atoms with Crippen LogP contribution in [-0.4, -0.2) is 50.3 Å². The second-order valence-electron chi connectivity index (χ2n) is 5.74. The monoisotopic (exact) mass is 517 g/mol. The molecule has 3 heterocycles. The van der Waals surface area contributed by atoms with Crippen molar-refractivity contribution in [3.8, 4) is 0 Å². The number of hydrogen-bond donors (Lipinski definition) is 2. The van der Waals surface area contributed by atoms with Crippen molar-refractivity contribution in [3.05, 3.63) is 54.0 Å². The molecule has 1 aromatic heterocycles. The van der Waals surface area contributed by atoms with Gasteiger partial charge in [-0.2, -0.15) is 0 Å². The molecule has 0 aromatic carbocycles. The average molecular weight is 519 g/mol. The van der Waals surface area contributed by atoms with Gasteiger partial charge in [0.25, 0.3) is 5.91 Å². The summed E-state index contributed by atoms with van der Waals surface area (Å²) >= 11 is 4.49. The molecule has 2 N–H and O–H groups in total. The molecule has 1 aromatic rings. The maximum atomic E-state index is 12.4. The quantitative estimate of drug-likeness (QED) is 0.250. The third-order valence-electron chi connectivity index (χ3n) is 4.05. The number of hydrogen-bond acceptors (Lipinski definition) is 4. The van der Waals surface area contributed by atoms with E-state index in [-0.39, 0.29) is 39.3 Å². The minimum Gasteiger partial charge on any atom is -1.00 e. The Morgan fingerprint density at radius 3 is 2.70 bits per heavy atom. The largest absolute Gasteiger partial charge is 1.00 e. The summed E-state index contributed by atoms with van der Waals surface area (Å²) in [5.41, 5.74) is 0.589. The van der Waals surface area contributed by atoms with Gasteiger partial charge in [0.1, 0.15) is 17.1 Å². The van der Waals surface area contributed by atoms with Crippen LogP contribution in [0, 0.1) is 0 Å². The molecule has 2 atom stereocenters. The van der Waals surface area contributed by atoms with Crippen LogP contribution in [0.2, 0.25) is 0 Å². The molecule has 0 aliphatic carbocycles. The molecular formula is C17H17Br2N3O4S. The van der Waals surface area contributed by atoms with Crippen LogP contribution in [0.25, 0.3) is 0 Å². The second-order valence-corrected chi connectivity index (χ2v) is 7.41. The summed E-state index contributed by atoms with van der Waals surface area (Å²) < 4.78 is 1.96. The van der Waals surface area contributed by atoms with E-state index in [2.05, 4.69) is 21.2 Å². The van der Waals surface area contributed by atoms with Crippen molar-refractivity contribution in [2.75, 3.05) is 11.1 Å². The minimum atomic E-state index is -1.14. The number of amides is 2. The summed E-state index contributed by atoms with van der Waals surface area (Å²) in [5, 5.41) is 11.9. The maximum Gasteiger partial charge on any atom is 0.352 e. The average Bonchev–Trinajstić information content (AvgIpc) is 2.65. The van der Waals surface area contributed by atoms with Gasteiger partial charge >= 0.3 is 5.97 Å². The highest BCUT2D eigenvalue weighted by atomic mass is 79.9. The fourth-order valence-corrected chi connectivity index (χ4v) is 4.34. The predicted octanol–water partition coefficient (Wildman–Crippen LogP) is -2.33. The van der Waals surface area contributed by atoms with E-state index >= 15 is 0 Å². The first-order chi connectivity index (χ1) is 12.5. The van der Waals surface area contributed by atoms with Crippen LogP contribution >= 0.6 is 27.7 Å². The third-order valence-corrected chi connectivity index (χ3v) is 5.86. The van der Waals surface area contributed by atoms with Gasteiger partial charge in [-0.15, -0.1) is 11.8 Å². The van der Waals surface area contributed by atoms with Gasteiger partial charge in [0.2, 0.25) is 5.91 Å². The molecule has 10 heteroatoms. The zero-order chi connectivity index (χ0) is 18.7. The number of pyridine rings is 1. The highest BCUT2D eigenvalue weighted by Crippen LogP contribution is 2.40. The second kappa shape index (κ2) is 9.52. The molecule has 0 bridgehead atoms. The molecule has 2 aliphatic heterocycles. The van der Waals surface area contributed by atoms with E-state index in [1.807, 2.05) is 41.2 Å². The highest BCUT2D eigenvalue weighted by molar-refractivity contribution is 9.09. The number of nitrogens with zero attached hydrogens (tertiary/aromatic N) is 2. The van der Waals surface area contributed by atoms with E-state index in [9.17, 15) is 19.5 Å². The van der Waals surface area contributed by atoms with Crippen LogP contribution < -0.4 is 26.9 Å². The van der Waals surface area contributed by atoms with E-state index < -0.39 is 17.9 Å². The Morgan fingerprint density at radius 2 is 2.07 bits per heavy atom. The Labute approximate surface area is 179 Å². The van der Waals surface area contributed by atoms with Crippen LogP contribution in [0.3, 0.4) is 0 Å². The van der Waals surface area contributed by atoms with Crippen LogP contribution in [0.4, 0.5) is 0 Å². The van der Waals surface area contributed by atoms with Crippen LogP contribution in [0.1, 0.15) is 0 Å². The van der Waals surface area contributed by atoms with Gasteiger partial charge in [-0.25, -0.2) is 9.36 Å². The number of carboxylic acid groups (broad SMARTS) is 1. The summed E-state index contributed by atoms with van der Waals surface area (Å²) in [6.45, 7) is 0.600. The molecule has 0 radical (unpaired) electrons. The molecular weight excluding hydrogens is 502 g/mol. The summed E-state index contributed by atoms with van der Waals surface area (Å²) in [7, 11) is 0. The first-order valence-electron chi connectivity index (χ1n) is 7.90. The molecule has 2 amide bonds. The molecule has 0 spiro atoms. The number of alkyl halides is 1. The van der Waals surface area contributed by atoms with Crippen LogP contribution in [0.5, 0.6) is 0 Å². The number of nitrogens with one attached hydrogen (secondary N) is 1. The maximum absolute atomic E-state index is 12.4. The number of allylic oxidation sites excluding steroid dienone is 2. The molecule has 1 saturated heterocycles. The fraction of sp³-hybridized carbons (Fsp3) is 0.294. The molecule has 0 unspecified atom stereocenters. The summed E-state index contributed by atoms with van der Waals surface area (Å²) in [4.78, 5) is 36.9. The van der Waals surface area contributed by atoms with Gasteiger partial charge in [-0.3, -0.25) is 14.5 Å². The van der Waals surface area contributed by atoms with Crippen molar-refractivity contribution in [3.63, 3.8) is 0 Å². The number of carboxylic acids is 1. The van der Waals surface area contributed by atoms with Gasteiger partial charge in [0.15, 0.2) is 18.9 Å². The van der Waals surface area contributed by atoms with E-state index in [4.69, 9.17) is 0 Å². The lowest BCUT2D eigenvalue weighted by Crippen LogP contribution is -3.00. The van der Waals surface area contributed by atoms with Crippen molar-refractivity contribution >= 4 is 45.5 Å². The third kappa shape index (κ3) is 4.61. The zero-order valence-corrected chi connectivity index (χ0v) is 18.0. The molecule has 0 saturated carbocycles. The summed E-state index contributed by atoms with van der Waals surface area (Å²) in [6.07, 6.45) is 7.45. The Balaban J connectivity index is 0.00000261. The van der Waals surface area contributed by atoms with Crippen molar-refractivity contribution in [1.29, 1.82) is 0 Å². The van der Waals surface area contributed by atoms with E-state index in [0.717, 1.165) is 0 Å². The molecule has 2 aliphatic rings. The molecule has 144 valence electrons. The smallest absolute Gasteiger partial charge is 0.352 e. The van der Waals surface area contributed by atoms with Crippen molar-refractivity contribution in [2.45, 2.75) is 18.0 Å². The normalized spacial score (nSPS) is 21.4. The first kappa shape index (κ1) is 21.6. The number of aliphatic carboxylic acids is 1. The number of carbonyl (C=O) groups excluding carboxylic acids is 2. The highest BCUT2D eigenvalue weighted by Gasteiger charge is 2.53. The molecule has 27 heavy (non-hydrogen) atoms. The molecule has 3 rings (SSSR count). The predicted molar refractivity (Wildman–Crippen MR) is 99.3 cm³/mol. The zero-order valence-electron chi connectivity index (χ0n) is 14.0. The minimum absolute atomic E-state index is 0. The van der Waals surface area contributed by atoms with Crippen molar-refractivity contribution < 1.29 is 41.0 Å². The number of fused-ring (bicyclic) bond motifs is 1. The Morgan fingerprint density at radius 1 is 1.37 bits per heavy atom. The number of rotatable bonds is 6. The van der Waals surface area contributed by atoms with E-state index in [1.54, 1.807) is 6.08 Å². The lowest BCUT2D eigenvalue weighted by Gasteiger charge is -2.49. The van der Waals surface area contributed by atoms with Crippen LogP contribution in [0.15, 0.2) is 54.0 Å². The van der Waals surface area contributed by atoms with Gasteiger partial charge in [-0.05, 0) is 11.6 Å². The van der Waals surface area contributed by atoms with Crippen molar-refractivity contribution in [2.24, 2.45) is 0 Å². The van der Waals surface area contributed by atoms with Gasteiger partial charge in [0, 0.05) is 17.9 Å². The van der Waals surface area contributed by atoms with Gasteiger partial charge < -0.3 is 27.4 Å². The van der Waals surface area contributed by atoms with E-state index in [1.165, 1.54) is 16.7 Å². The number of thioether (sulfide) groups is 1. The first-order valence-corrected chi connectivity index (χ1v) is 10.1. The van der Waals surface area contributed by atoms with Gasteiger partial charge in [-0.1, -0.05) is 28.1 Å².